The van der Waals surface area contributed by atoms with E-state index in [-0.39, 0.29) is 6.10 Å². The summed E-state index contributed by atoms with van der Waals surface area (Å²) in [5.41, 5.74) is 7.40. The van der Waals surface area contributed by atoms with Gasteiger partial charge in [0.05, 0.1) is 17.6 Å². The molecule has 1 aliphatic heterocycles. The summed E-state index contributed by atoms with van der Waals surface area (Å²) in [7, 11) is 0. The number of nitriles is 1. The number of nitrogens with two attached hydrogens (primary N) is 1. The molecule has 118 valence electrons. The van der Waals surface area contributed by atoms with E-state index in [4.69, 9.17) is 10.5 Å². The number of pyridine rings is 1. The second-order valence-electron chi connectivity index (χ2n) is 5.95. The number of aromatic nitrogens is 1. The largest absolute Gasteiger partial charge is 0.445 e. The van der Waals surface area contributed by atoms with E-state index in [2.05, 4.69) is 22.9 Å². The van der Waals surface area contributed by atoms with Gasteiger partial charge >= 0.3 is 6.09 Å². The van der Waals surface area contributed by atoms with Gasteiger partial charge in [0.2, 0.25) is 0 Å². The van der Waals surface area contributed by atoms with Gasteiger partial charge in [0, 0.05) is 23.8 Å². The highest BCUT2D eigenvalue weighted by Gasteiger charge is 2.28. The van der Waals surface area contributed by atoms with Crippen molar-refractivity contribution < 1.29 is 9.53 Å². The monoisotopic (exact) mass is 310 g/mol. The Labute approximate surface area is 134 Å². The normalized spacial score (nSPS) is 21.0. The molecule has 2 atom stereocenters. The molecule has 6 nitrogen and oxygen atoms in total. The number of fused-ring (bicyclic) bond motifs is 1. The van der Waals surface area contributed by atoms with Crippen molar-refractivity contribution in [3.8, 4) is 6.07 Å². The third kappa shape index (κ3) is 3.04. The maximum atomic E-state index is 11.0. The van der Waals surface area contributed by atoms with Crippen LogP contribution in [-0.2, 0) is 4.74 Å². The average molecular weight is 310 g/mol. The summed E-state index contributed by atoms with van der Waals surface area (Å²) in [6, 6.07) is 9.71. The summed E-state index contributed by atoms with van der Waals surface area (Å²) in [6.45, 7) is 3.56. The lowest BCUT2D eigenvalue weighted by atomic mass is 9.96. The van der Waals surface area contributed by atoms with Gasteiger partial charge in [-0.1, -0.05) is 6.92 Å². The van der Waals surface area contributed by atoms with Crippen molar-refractivity contribution in [1.82, 2.24) is 4.98 Å². The number of benzene rings is 1. The number of carbonyl (C=O) groups excluding carboxylic acids is 1. The number of carbonyl (C=O) groups is 1. The summed E-state index contributed by atoms with van der Waals surface area (Å²) >= 11 is 0. The van der Waals surface area contributed by atoms with Gasteiger partial charge in [-0.05, 0) is 36.6 Å². The molecule has 1 saturated heterocycles. The first kappa shape index (κ1) is 15.1. The topological polar surface area (TPSA) is 92.2 Å². The van der Waals surface area contributed by atoms with Crippen LogP contribution >= 0.6 is 0 Å². The molecule has 1 aliphatic rings. The van der Waals surface area contributed by atoms with E-state index in [1.165, 1.54) is 0 Å². The minimum Gasteiger partial charge on any atom is -0.445 e. The van der Waals surface area contributed by atoms with Crippen LogP contribution in [0.15, 0.2) is 30.5 Å². The Morgan fingerprint density at radius 1 is 1.43 bits per heavy atom. The van der Waals surface area contributed by atoms with Gasteiger partial charge in [0.1, 0.15) is 12.2 Å². The molecule has 2 N–H and O–H groups in total. The fourth-order valence-electron chi connectivity index (χ4n) is 3.26. The summed E-state index contributed by atoms with van der Waals surface area (Å²) in [4.78, 5) is 17.6. The molecule has 1 amide bonds. The van der Waals surface area contributed by atoms with E-state index in [0.29, 0.717) is 23.5 Å². The van der Waals surface area contributed by atoms with Crippen molar-refractivity contribution in [2.45, 2.75) is 19.4 Å². The number of anilines is 1. The second kappa shape index (κ2) is 6.13. The molecule has 1 aromatic carbocycles. The average Bonchev–Trinajstić information content (AvgIpc) is 2.52. The van der Waals surface area contributed by atoms with Crippen LogP contribution in [0.3, 0.4) is 0 Å². The van der Waals surface area contributed by atoms with Crippen LogP contribution in [0.5, 0.6) is 0 Å². The highest BCUT2D eigenvalue weighted by Crippen LogP contribution is 2.31. The predicted molar refractivity (Wildman–Crippen MR) is 86.9 cm³/mol. The highest BCUT2D eigenvalue weighted by molar-refractivity contribution is 5.95. The molecule has 0 saturated carbocycles. The first-order valence-corrected chi connectivity index (χ1v) is 7.57. The molecular weight excluding hydrogens is 292 g/mol. The fraction of sp³-hybridized carbons (Fsp3) is 0.353. The Kier molecular flexibility index (Phi) is 4.02. The smallest absolute Gasteiger partial charge is 0.404 e. The molecule has 0 unspecified atom stereocenters. The Morgan fingerprint density at radius 2 is 2.26 bits per heavy atom. The Balaban J connectivity index is 1.99. The zero-order valence-electron chi connectivity index (χ0n) is 12.9. The van der Waals surface area contributed by atoms with E-state index in [0.717, 1.165) is 24.0 Å². The van der Waals surface area contributed by atoms with Gasteiger partial charge < -0.3 is 15.4 Å². The first-order chi connectivity index (χ1) is 11.1. The number of hydrogen-bond donors (Lipinski definition) is 1. The number of rotatable bonds is 2. The van der Waals surface area contributed by atoms with Crippen molar-refractivity contribution in [2.24, 2.45) is 11.7 Å². The number of nitrogens with zero attached hydrogens (tertiary/aromatic N) is 3. The van der Waals surface area contributed by atoms with Gasteiger partial charge in [-0.3, -0.25) is 4.98 Å². The summed E-state index contributed by atoms with van der Waals surface area (Å²) in [6.07, 6.45) is 1.52. The summed E-state index contributed by atoms with van der Waals surface area (Å²) in [5, 5.41) is 10.2. The number of ether oxygens (including phenoxy) is 1. The SMILES string of the molecule is C[C@H]1C[C@@H](OC(N)=O)CN(c2ccc(C#N)c3ncccc23)C1. The van der Waals surface area contributed by atoms with Crippen molar-refractivity contribution in [1.29, 1.82) is 5.26 Å². The maximum Gasteiger partial charge on any atom is 0.404 e. The zero-order valence-corrected chi connectivity index (χ0v) is 12.9. The summed E-state index contributed by atoms with van der Waals surface area (Å²) in [5.74, 6) is 0.371. The second-order valence-corrected chi connectivity index (χ2v) is 5.95. The number of piperidine rings is 1. The predicted octanol–water partition coefficient (Wildman–Crippen LogP) is 2.42. The highest BCUT2D eigenvalue weighted by atomic mass is 16.6. The van der Waals surface area contributed by atoms with Crippen LogP contribution in [0.1, 0.15) is 18.9 Å². The van der Waals surface area contributed by atoms with Crippen LogP contribution in [0.2, 0.25) is 0 Å². The number of primary amides is 1. The molecule has 0 aliphatic carbocycles. The first-order valence-electron chi connectivity index (χ1n) is 7.57. The molecular formula is C17H18N4O2. The molecule has 23 heavy (non-hydrogen) atoms. The lowest BCUT2D eigenvalue weighted by Gasteiger charge is -2.37. The Hall–Kier alpha value is -2.81. The molecule has 0 spiro atoms. The van der Waals surface area contributed by atoms with Crippen molar-refractivity contribution in [2.75, 3.05) is 18.0 Å². The lowest BCUT2D eigenvalue weighted by Crippen LogP contribution is -2.45. The number of amides is 1. The minimum absolute atomic E-state index is 0.224. The van der Waals surface area contributed by atoms with Gasteiger partial charge in [-0.2, -0.15) is 5.26 Å². The third-order valence-electron chi connectivity index (χ3n) is 4.11. The quantitative estimate of drug-likeness (QED) is 0.919. The molecule has 0 bridgehead atoms. The molecule has 2 aromatic rings. The van der Waals surface area contributed by atoms with Crippen LogP contribution in [-0.4, -0.2) is 30.3 Å². The van der Waals surface area contributed by atoms with Gasteiger partial charge in [0.25, 0.3) is 0 Å². The standard InChI is InChI=1S/C17H18N4O2/c1-11-7-13(23-17(19)22)10-21(9-11)15-5-4-12(8-18)16-14(15)3-2-6-20-16/h2-6,11,13H,7,9-10H2,1H3,(H2,19,22)/t11-,13+/m0/s1. The van der Waals surface area contributed by atoms with Gasteiger partial charge in [-0.15, -0.1) is 0 Å². The van der Waals surface area contributed by atoms with Crippen LogP contribution in [0.25, 0.3) is 10.9 Å². The van der Waals surface area contributed by atoms with Crippen molar-refractivity contribution >= 4 is 22.7 Å². The Bertz CT molecular complexity index is 784. The van der Waals surface area contributed by atoms with Gasteiger partial charge in [0.15, 0.2) is 0 Å². The van der Waals surface area contributed by atoms with Crippen LogP contribution in [0.4, 0.5) is 10.5 Å². The van der Waals surface area contributed by atoms with Crippen molar-refractivity contribution in [3.05, 3.63) is 36.0 Å². The van der Waals surface area contributed by atoms with E-state index in [1.54, 1.807) is 12.3 Å². The van der Waals surface area contributed by atoms with E-state index >= 15 is 0 Å². The molecule has 3 rings (SSSR count). The molecule has 1 fully saturated rings. The zero-order chi connectivity index (χ0) is 16.4. The fourth-order valence-corrected chi connectivity index (χ4v) is 3.26. The van der Waals surface area contributed by atoms with Crippen LogP contribution in [0, 0.1) is 17.2 Å². The number of hydrogen-bond acceptors (Lipinski definition) is 5. The molecule has 0 radical (unpaired) electrons. The maximum absolute atomic E-state index is 11.0. The molecule has 6 heteroatoms. The van der Waals surface area contributed by atoms with Gasteiger partial charge in [-0.25, -0.2) is 4.79 Å². The minimum atomic E-state index is -0.740. The van der Waals surface area contributed by atoms with E-state index in [1.807, 2.05) is 18.2 Å². The van der Waals surface area contributed by atoms with E-state index < -0.39 is 6.09 Å². The van der Waals surface area contributed by atoms with Crippen molar-refractivity contribution in [3.63, 3.8) is 0 Å². The molecule has 2 heterocycles. The Morgan fingerprint density at radius 3 is 3.00 bits per heavy atom. The third-order valence-corrected chi connectivity index (χ3v) is 4.11. The summed E-state index contributed by atoms with van der Waals surface area (Å²) < 4.78 is 5.20. The van der Waals surface area contributed by atoms with Crippen LogP contribution < -0.4 is 10.6 Å². The van der Waals surface area contributed by atoms with E-state index in [9.17, 15) is 10.1 Å². The lowest BCUT2D eigenvalue weighted by molar-refractivity contribution is 0.0855. The molecule has 1 aromatic heterocycles.